The fraction of sp³-hybridized carbons (Fsp3) is 1.00. The Bertz CT molecular complexity index is 197. The third kappa shape index (κ3) is 25.0. The van der Waals surface area contributed by atoms with Gasteiger partial charge < -0.3 is 5.11 Å². The number of halogens is 6. The van der Waals surface area contributed by atoms with Gasteiger partial charge in [0, 0.05) is 0 Å². The molecule has 0 bridgehead atoms. The summed E-state index contributed by atoms with van der Waals surface area (Å²) >= 11 is 2.86. The van der Waals surface area contributed by atoms with Crippen molar-refractivity contribution in [3.63, 3.8) is 0 Å². The van der Waals surface area contributed by atoms with Crippen LogP contribution < -0.4 is 0 Å². The summed E-state index contributed by atoms with van der Waals surface area (Å²) in [6.45, 7) is 5.27. The Kier molecular flexibility index (Phi) is 4.64. The Morgan fingerprint density at radius 1 is 1.13 bits per heavy atom. The standard InChI is InChI=1S/C5H12O2S.F6P/c1-4(6)5(2,3)7-8;1-7(2,3,4,5)6/h4,6,8H,1-3H3;/q;-1/p+1. The van der Waals surface area contributed by atoms with Crippen molar-refractivity contribution >= 4 is 20.7 Å². The summed E-state index contributed by atoms with van der Waals surface area (Å²) in [5.41, 5.74) is -0.489. The van der Waals surface area contributed by atoms with Crippen molar-refractivity contribution in [3.8, 4) is 0 Å². The van der Waals surface area contributed by atoms with Gasteiger partial charge in [-0.3, -0.25) is 0 Å². The molecule has 0 spiro atoms. The van der Waals surface area contributed by atoms with Gasteiger partial charge in [-0.2, -0.15) is 4.18 Å². The van der Waals surface area contributed by atoms with Crippen molar-refractivity contribution in [2.24, 2.45) is 0 Å². The predicted octanol–water partition coefficient (Wildman–Crippen LogP) is 3.47. The Morgan fingerprint density at radius 2 is 1.33 bits per heavy atom. The molecule has 0 saturated carbocycles. The van der Waals surface area contributed by atoms with Gasteiger partial charge >= 0.3 is 33.0 Å². The third-order valence-corrected chi connectivity index (χ3v) is 1.80. The monoisotopic (exact) mass is 282 g/mol. The minimum absolute atomic E-state index is 0.458. The van der Waals surface area contributed by atoms with Crippen LogP contribution in [0.1, 0.15) is 20.8 Å². The molecule has 0 rings (SSSR count). The van der Waals surface area contributed by atoms with Crippen LogP contribution in [0, 0.1) is 0 Å². The number of hydrogen-bond donors (Lipinski definition) is 1. The van der Waals surface area contributed by atoms with E-state index in [1.54, 1.807) is 20.8 Å². The molecule has 0 amide bonds. The molecule has 1 atom stereocenters. The van der Waals surface area contributed by atoms with Crippen LogP contribution in [0.2, 0.25) is 0 Å². The van der Waals surface area contributed by atoms with Gasteiger partial charge in [0.25, 0.3) is 0 Å². The summed E-state index contributed by atoms with van der Waals surface area (Å²) in [5.74, 6) is 0. The first-order valence-corrected chi connectivity index (χ1v) is 5.98. The summed E-state index contributed by atoms with van der Waals surface area (Å²) in [7, 11) is -10.7. The van der Waals surface area contributed by atoms with Gasteiger partial charge in [-0.05, 0) is 20.8 Å². The van der Waals surface area contributed by atoms with Crippen LogP contribution in [-0.4, -0.2) is 16.8 Å². The Balaban J connectivity index is 0. The number of rotatable bonds is 2. The second-order valence-electron chi connectivity index (χ2n) is 3.34. The molecule has 0 aromatic carbocycles. The average molecular weight is 282 g/mol. The first-order chi connectivity index (χ1) is 5.95. The molecule has 0 radical (unpaired) electrons. The second-order valence-corrected chi connectivity index (χ2v) is 5.46. The van der Waals surface area contributed by atoms with Crippen LogP contribution in [0.5, 0.6) is 0 Å². The van der Waals surface area contributed by atoms with Crippen LogP contribution >= 0.6 is 7.81 Å². The maximum atomic E-state index is 9.87. The molecule has 0 aliphatic heterocycles. The molecule has 0 saturated heterocycles. The van der Waals surface area contributed by atoms with Crippen molar-refractivity contribution in [3.05, 3.63) is 0 Å². The Hall–Kier alpha value is 0.280. The fourth-order valence-corrected chi connectivity index (χ4v) is 0.256. The van der Waals surface area contributed by atoms with E-state index < -0.39 is 19.5 Å². The van der Waals surface area contributed by atoms with Crippen LogP contribution in [0.15, 0.2) is 0 Å². The Labute approximate surface area is 88.5 Å². The maximum absolute atomic E-state index is 10.7. The molecule has 98 valence electrons. The molecule has 0 heterocycles. The Morgan fingerprint density at radius 3 is 1.33 bits per heavy atom. The summed E-state index contributed by atoms with van der Waals surface area (Å²) in [4.78, 5) is 0. The number of aliphatic hydroxyl groups is 1. The average Bonchev–Trinajstić information content (AvgIpc) is 1.80. The van der Waals surface area contributed by atoms with Gasteiger partial charge in [0.05, 0.1) is 6.10 Å². The molecule has 2 nitrogen and oxygen atoms in total. The molecule has 1 N–H and O–H groups in total. The number of hydrogen-bond acceptors (Lipinski definition) is 2. The van der Waals surface area contributed by atoms with Gasteiger partial charge in [-0.25, -0.2) is 0 Å². The molecular formula is C5H13F6O2PS. The topological polar surface area (TPSA) is 29.5 Å². The zero-order chi connectivity index (χ0) is 13.2. The van der Waals surface area contributed by atoms with E-state index in [1.165, 1.54) is 0 Å². The van der Waals surface area contributed by atoms with Crippen LogP contribution in [0.25, 0.3) is 0 Å². The van der Waals surface area contributed by atoms with Gasteiger partial charge in [-0.15, -0.1) is 0 Å². The zero-order valence-electron chi connectivity index (χ0n) is 8.15. The van der Waals surface area contributed by atoms with Crippen LogP contribution in [0.3, 0.4) is 0 Å². The van der Waals surface area contributed by atoms with Crippen molar-refractivity contribution < 1.29 is 34.5 Å². The van der Waals surface area contributed by atoms with Crippen molar-refractivity contribution in [2.45, 2.75) is 32.5 Å². The molecule has 1 unspecified atom stereocenters. The van der Waals surface area contributed by atoms with Crippen molar-refractivity contribution in [1.82, 2.24) is 0 Å². The van der Waals surface area contributed by atoms with Gasteiger partial charge in [0.2, 0.25) is 0 Å². The predicted molar refractivity (Wildman–Crippen MR) is 50.6 cm³/mol. The van der Waals surface area contributed by atoms with Gasteiger partial charge in [0.15, 0.2) is 0 Å². The van der Waals surface area contributed by atoms with Gasteiger partial charge in [-0.1, -0.05) is 0 Å². The molecule has 0 aromatic heterocycles. The summed E-state index contributed by atoms with van der Waals surface area (Å²) < 4.78 is 63.9. The first kappa shape index (κ1) is 17.7. The van der Waals surface area contributed by atoms with Gasteiger partial charge in [0.1, 0.15) is 18.5 Å². The fourth-order valence-electron chi connectivity index (χ4n) is 0.0853. The summed E-state index contributed by atoms with van der Waals surface area (Å²) in [5, 5.41) is 8.92. The van der Waals surface area contributed by atoms with Crippen LogP contribution in [-0.2, 0) is 17.1 Å². The molecule has 0 aliphatic rings. The molecule has 10 heteroatoms. The first-order valence-electron chi connectivity index (χ1n) is 3.55. The van der Waals surface area contributed by atoms with E-state index in [1.807, 2.05) is 0 Å². The van der Waals surface area contributed by atoms with E-state index >= 15 is 0 Å². The van der Waals surface area contributed by atoms with Crippen molar-refractivity contribution in [2.75, 3.05) is 0 Å². The van der Waals surface area contributed by atoms with E-state index in [-0.39, 0.29) is 0 Å². The molecular weight excluding hydrogens is 269 g/mol. The van der Waals surface area contributed by atoms with E-state index in [0.29, 0.717) is 0 Å². The minimum atomic E-state index is -10.7. The normalized spacial score (nSPS) is 19.4. The summed E-state index contributed by atoms with van der Waals surface area (Å²) in [6, 6.07) is 0. The number of aliphatic hydroxyl groups excluding tert-OH is 1. The van der Waals surface area contributed by atoms with E-state index in [0.717, 1.165) is 0 Å². The molecule has 0 aromatic rings. The molecule has 0 fully saturated rings. The van der Waals surface area contributed by atoms with E-state index in [9.17, 15) is 25.2 Å². The molecule has 0 aliphatic carbocycles. The van der Waals surface area contributed by atoms with Crippen LogP contribution in [0.4, 0.5) is 25.2 Å². The zero-order valence-corrected chi connectivity index (χ0v) is 10.0. The summed E-state index contributed by atoms with van der Waals surface area (Å²) in [6.07, 6.45) is -0.458. The van der Waals surface area contributed by atoms with E-state index in [2.05, 4.69) is 12.9 Å². The second kappa shape index (κ2) is 3.94. The van der Waals surface area contributed by atoms with E-state index in [4.69, 9.17) is 9.29 Å². The van der Waals surface area contributed by atoms with Crippen molar-refractivity contribution in [1.29, 1.82) is 0 Å². The SMILES string of the molecule is CC(O)C(C)(C)O[SH2+].F[P-](F)(F)(F)(F)F. The third-order valence-electron chi connectivity index (χ3n) is 1.27. The quantitative estimate of drug-likeness (QED) is 0.477. The molecule has 15 heavy (non-hydrogen) atoms.